The van der Waals surface area contributed by atoms with Gasteiger partial charge in [0.15, 0.2) is 5.72 Å². The van der Waals surface area contributed by atoms with E-state index >= 15 is 0 Å². The molecule has 2 amide bonds. The first-order valence-electron chi connectivity index (χ1n) is 8.53. The Morgan fingerprint density at radius 2 is 1.88 bits per heavy atom. The zero-order valence-corrected chi connectivity index (χ0v) is 14.4. The molecule has 2 heterocycles. The normalized spacial score (nSPS) is 27.0. The minimum absolute atomic E-state index is 0.0831. The first-order chi connectivity index (χ1) is 11.9. The molecule has 2 atom stereocenters. The monoisotopic (exact) mass is 338 g/mol. The second kappa shape index (κ2) is 5.41. The summed E-state index contributed by atoms with van der Waals surface area (Å²) in [6.07, 6.45) is 1.27. The highest BCUT2D eigenvalue weighted by Gasteiger charge is 2.49. The molecule has 130 valence electrons. The van der Waals surface area contributed by atoms with Crippen LogP contribution in [0.3, 0.4) is 0 Å². The number of phenolic OH excluding ortho intramolecular Hbond substituents is 1. The van der Waals surface area contributed by atoms with Gasteiger partial charge < -0.3 is 20.5 Å². The summed E-state index contributed by atoms with van der Waals surface area (Å²) >= 11 is 0. The number of amides is 2. The average molecular weight is 338 g/mol. The standard InChI is InChI=1S/C20H22N2O3/c1-19(2)12-20(22-18(24)21-19)11-16(13-6-4-3-5-7-13)15-9-8-14(23)10-17(15)25-20/h3-10,16,23H,11-12H2,1-2H3,(H2,21,22,24)/t16-,20+/m1/s1. The van der Waals surface area contributed by atoms with Crippen molar-refractivity contribution in [2.45, 2.75) is 43.9 Å². The third-order valence-corrected chi connectivity index (χ3v) is 4.93. The Balaban J connectivity index is 1.82. The Hall–Kier alpha value is -2.69. The second-order valence-corrected chi connectivity index (χ2v) is 7.63. The molecule has 0 bridgehead atoms. The number of carbonyl (C=O) groups is 1. The van der Waals surface area contributed by atoms with Crippen molar-refractivity contribution in [3.63, 3.8) is 0 Å². The molecule has 0 radical (unpaired) electrons. The number of aromatic hydroxyl groups is 1. The number of urea groups is 1. The fraction of sp³-hybridized carbons (Fsp3) is 0.350. The number of carbonyl (C=O) groups excluding carboxylic acids is 1. The highest BCUT2D eigenvalue weighted by atomic mass is 16.5. The van der Waals surface area contributed by atoms with E-state index in [1.54, 1.807) is 12.1 Å². The summed E-state index contributed by atoms with van der Waals surface area (Å²) in [5.41, 5.74) is 1.02. The van der Waals surface area contributed by atoms with Gasteiger partial charge in [-0.05, 0) is 25.5 Å². The number of ether oxygens (including phenoxy) is 1. The fourth-order valence-electron chi connectivity index (χ4n) is 4.11. The summed E-state index contributed by atoms with van der Waals surface area (Å²) in [5.74, 6) is 0.861. The van der Waals surface area contributed by atoms with Crippen LogP contribution in [-0.2, 0) is 0 Å². The number of benzene rings is 2. The summed E-state index contributed by atoms with van der Waals surface area (Å²) in [5, 5.41) is 15.8. The van der Waals surface area contributed by atoms with Crippen molar-refractivity contribution in [3.05, 3.63) is 59.7 Å². The van der Waals surface area contributed by atoms with E-state index in [2.05, 4.69) is 22.8 Å². The van der Waals surface area contributed by atoms with Crippen LogP contribution >= 0.6 is 0 Å². The minimum atomic E-state index is -0.798. The largest absolute Gasteiger partial charge is 0.508 e. The number of fused-ring (bicyclic) bond motifs is 1. The molecular weight excluding hydrogens is 316 g/mol. The van der Waals surface area contributed by atoms with Gasteiger partial charge in [0.1, 0.15) is 11.5 Å². The molecule has 0 saturated carbocycles. The maximum atomic E-state index is 12.2. The Labute approximate surface area is 147 Å². The number of phenols is 1. The van der Waals surface area contributed by atoms with Gasteiger partial charge in [0, 0.05) is 35.9 Å². The highest BCUT2D eigenvalue weighted by Crippen LogP contribution is 2.47. The van der Waals surface area contributed by atoms with Crippen LogP contribution in [0, 0.1) is 0 Å². The second-order valence-electron chi connectivity index (χ2n) is 7.63. The predicted molar refractivity (Wildman–Crippen MR) is 94.7 cm³/mol. The molecular formula is C20H22N2O3. The number of hydrogen-bond donors (Lipinski definition) is 3. The SMILES string of the molecule is CC1(C)C[C@@]2(C[C@H](c3ccccc3)c3ccc(O)cc3O2)NC(=O)N1. The van der Waals surface area contributed by atoms with Gasteiger partial charge in [0.25, 0.3) is 0 Å². The van der Waals surface area contributed by atoms with Gasteiger partial charge in [-0.2, -0.15) is 0 Å². The van der Waals surface area contributed by atoms with Crippen LogP contribution < -0.4 is 15.4 Å². The van der Waals surface area contributed by atoms with Crippen LogP contribution in [-0.4, -0.2) is 22.4 Å². The number of hydrogen-bond acceptors (Lipinski definition) is 3. The topological polar surface area (TPSA) is 70.6 Å². The van der Waals surface area contributed by atoms with Crippen molar-refractivity contribution in [2.24, 2.45) is 0 Å². The first kappa shape index (κ1) is 15.8. The molecule has 2 aliphatic heterocycles. The van der Waals surface area contributed by atoms with Crippen LogP contribution in [0.2, 0.25) is 0 Å². The molecule has 2 aliphatic rings. The van der Waals surface area contributed by atoms with Crippen molar-refractivity contribution in [1.82, 2.24) is 10.6 Å². The third-order valence-electron chi connectivity index (χ3n) is 4.93. The van der Waals surface area contributed by atoms with Crippen molar-refractivity contribution >= 4 is 6.03 Å². The van der Waals surface area contributed by atoms with E-state index in [0.29, 0.717) is 18.6 Å². The van der Waals surface area contributed by atoms with E-state index in [0.717, 1.165) is 5.56 Å². The van der Waals surface area contributed by atoms with Gasteiger partial charge in [0.05, 0.1) is 0 Å². The van der Waals surface area contributed by atoms with Gasteiger partial charge in [-0.3, -0.25) is 0 Å². The lowest BCUT2D eigenvalue weighted by atomic mass is 9.77. The van der Waals surface area contributed by atoms with Crippen LogP contribution in [0.4, 0.5) is 4.79 Å². The van der Waals surface area contributed by atoms with E-state index in [4.69, 9.17) is 4.74 Å². The molecule has 25 heavy (non-hydrogen) atoms. The van der Waals surface area contributed by atoms with Crippen molar-refractivity contribution in [1.29, 1.82) is 0 Å². The summed E-state index contributed by atoms with van der Waals surface area (Å²) < 4.78 is 6.27. The zero-order chi connectivity index (χ0) is 17.7. The van der Waals surface area contributed by atoms with Crippen LogP contribution in [0.1, 0.15) is 43.7 Å². The summed E-state index contributed by atoms with van der Waals surface area (Å²) in [7, 11) is 0. The molecule has 0 aromatic heterocycles. The maximum Gasteiger partial charge on any atom is 0.318 e. The molecule has 0 aliphatic carbocycles. The lowest BCUT2D eigenvalue weighted by Crippen LogP contribution is -2.69. The average Bonchev–Trinajstić information content (AvgIpc) is 2.52. The molecule has 5 heteroatoms. The van der Waals surface area contributed by atoms with E-state index in [1.807, 2.05) is 38.1 Å². The quantitative estimate of drug-likeness (QED) is 0.745. The number of rotatable bonds is 1. The molecule has 2 aromatic carbocycles. The lowest BCUT2D eigenvalue weighted by Gasteiger charge is -2.49. The molecule has 0 unspecified atom stereocenters. The Kier molecular flexibility index (Phi) is 3.42. The van der Waals surface area contributed by atoms with Crippen molar-refractivity contribution < 1.29 is 14.6 Å². The minimum Gasteiger partial charge on any atom is -0.508 e. The van der Waals surface area contributed by atoms with Crippen molar-refractivity contribution in [3.8, 4) is 11.5 Å². The van der Waals surface area contributed by atoms with Gasteiger partial charge in [-0.15, -0.1) is 0 Å². The zero-order valence-electron chi connectivity index (χ0n) is 14.4. The van der Waals surface area contributed by atoms with Crippen LogP contribution in [0.5, 0.6) is 11.5 Å². The van der Waals surface area contributed by atoms with Crippen molar-refractivity contribution in [2.75, 3.05) is 0 Å². The lowest BCUT2D eigenvalue weighted by molar-refractivity contribution is -0.0236. The number of nitrogens with one attached hydrogen (secondary N) is 2. The van der Waals surface area contributed by atoms with E-state index in [9.17, 15) is 9.90 Å². The first-order valence-corrected chi connectivity index (χ1v) is 8.53. The molecule has 1 fully saturated rings. The molecule has 2 aromatic rings. The Morgan fingerprint density at radius 3 is 2.60 bits per heavy atom. The Bertz CT molecular complexity index is 819. The molecule has 3 N–H and O–H groups in total. The Morgan fingerprint density at radius 1 is 1.12 bits per heavy atom. The molecule has 1 saturated heterocycles. The van der Waals surface area contributed by atoms with Crippen LogP contribution in [0.25, 0.3) is 0 Å². The summed E-state index contributed by atoms with van der Waals surface area (Å²) in [6.45, 7) is 3.98. The van der Waals surface area contributed by atoms with E-state index in [1.165, 1.54) is 5.56 Å². The molecule has 4 rings (SSSR count). The van der Waals surface area contributed by atoms with Gasteiger partial charge in [0.2, 0.25) is 0 Å². The third kappa shape index (κ3) is 2.90. The van der Waals surface area contributed by atoms with Gasteiger partial charge in [-0.25, -0.2) is 4.79 Å². The molecule has 5 nitrogen and oxygen atoms in total. The van der Waals surface area contributed by atoms with E-state index < -0.39 is 5.72 Å². The highest BCUT2D eigenvalue weighted by molar-refractivity contribution is 5.77. The summed E-state index contributed by atoms with van der Waals surface area (Å²) in [4.78, 5) is 12.2. The van der Waals surface area contributed by atoms with Crippen LogP contribution in [0.15, 0.2) is 48.5 Å². The van der Waals surface area contributed by atoms with Gasteiger partial charge >= 0.3 is 6.03 Å². The smallest absolute Gasteiger partial charge is 0.318 e. The summed E-state index contributed by atoms with van der Waals surface area (Å²) in [6, 6.07) is 15.2. The van der Waals surface area contributed by atoms with E-state index in [-0.39, 0.29) is 23.2 Å². The predicted octanol–water partition coefficient (Wildman–Crippen LogP) is 3.48. The molecule has 1 spiro atoms. The fourth-order valence-corrected chi connectivity index (χ4v) is 4.11. The maximum absolute atomic E-state index is 12.2. The van der Waals surface area contributed by atoms with Gasteiger partial charge in [-0.1, -0.05) is 36.4 Å².